The number of methoxy groups -OCH3 is 1. The van der Waals surface area contributed by atoms with Gasteiger partial charge in [0, 0.05) is 30.9 Å². The monoisotopic (exact) mass is 339 g/mol. The molecular formula is C20H23N2OS+. The van der Waals surface area contributed by atoms with Gasteiger partial charge in [0.05, 0.1) is 12.7 Å². The predicted molar refractivity (Wildman–Crippen MR) is 101 cm³/mol. The maximum Gasteiger partial charge on any atom is 0.269 e. The lowest BCUT2D eigenvalue weighted by Gasteiger charge is -2.28. The summed E-state index contributed by atoms with van der Waals surface area (Å²) in [6.45, 7) is 2.38. The number of fused-ring (bicyclic) bond motifs is 1. The summed E-state index contributed by atoms with van der Waals surface area (Å²) in [4.78, 5) is 2.50. The van der Waals surface area contributed by atoms with Crippen LogP contribution in [0.15, 0.2) is 42.5 Å². The number of aromatic nitrogens is 1. The number of ether oxygens (including phenoxy) is 1. The normalized spacial score (nSPS) is 15.0. The van der Waals surface area contributed by atoms with E-state index in [0.29, 0.717) is 0 Å². The van der Waals surface area contributed by atoms with Gasteiger partial charge in [0.15, 0.2) is 0 Å². The van der Waals surface area contributed by atoms with Gasteiger partial charge < -0.3 is 9.64 Å². The van der Waals surface area contributed by atoms with Crippen molar-refractivity contribution >= 4 is 27.2 Å². The summed E-state index contributed by atoms with van der Waals surface area (Å²) in [5.41, 5.74) is 3.87. The molecule has 0 unspecified atom stereocenters. The van der Waals surface area contributed by atoms with Gasteiger partial charge in [0.1, 0.15) is 17.5 Å². The number of thiazole rings is 1. The zero-order valence-electron chi connectivity index (χ0n) is 14.3. The first-order chi connectivity index (χ1) is 11.8. The zero-order valence-corrected chi connectivity index (χ0v) is 15.1. The molecule has 0 bridgehead atoms. The third-order valence-electron chi connectivity index (χ3n) is 4.88. The molecule has 2 aromatic carbocycles. The molecule has 1 fully saturated rings. The lowest BCUT2D eigenvalue weighted by molar-refractivity contribution is -0.629. The molecule has 3 aromatic rings. The lowest BCUT2D eigenvalue weighted by Crippen LogP contribution is -2.29. The minimum absolute atomic E-state index is 0.913. The van der Waals surface area contributed by atoms with Gasteiger partial charge in [-0.2, -0.15) is 4.57 Å². The van der Waals surface area contributed by atoms with Crippen LogP contribution >= 0.6 is 11.3 Å². The van der Waals surface area contributed by atoms with Gasteiger partial charge in [-0.1, -0.05) is 11.3 Å². The van der Waals surface area contributed by atoms with Crippen LogP contribution in [0, 0.1) is 0 Å². The van der Waals surface area contributed by atoms with E-state index in [1.807, 2.05) is 17.4 Å². The van der Waals surface area contributed by atoms with E-state index >= 15 is 0 Å². The van der Waals surface area contributed by atoms with Gasteiger partial charge >= 0.3 is 0 Å². The SMILES string of the molecule is COc1ccc2c(c1)sc(-c1ccc(N3CCCCC3)cc1)[n+]2C. The van der Waals surface area contributed by atoms with Gasteiger partial charge in [-0.05, 0) is 49.6 Å². The molecule has 0 amide bonds. The maximum atomic E-state index is 5.35. The molecule has 2 heterocycles. The quantitative estimate of drug-likeness (QED) is 0.658. The van der Waals surface area contributed by atoms with E-state index in [-0.39, 0.29) is 0 Å². The summed E-state index contributed by atoms with van der Waals surface area (Å²) in [5.74, 6) is 0.913. The van der Waals surface area contributed by atoms with Crippen molar-refractivity contribution in [2.45, 2.75) is 19.3 Å². The standard InChI is InChI=1S/C20H23N2OS/c1-21-18-11-10-17(23-2)14-19(18)24-20(21)15-6-8-16(9-7-15)22-12-4-3-5-13-22/h6-11,14H,3-5,12-13H2,1-2H3/q+1. The molecule has 0 saturated carbocycles. The summed E-state index contributed by atoms with van der Waals surface area (Å²) < 4.78 is 8.88. The zero-order chi connectivity index (χ0) is 16.5. The van der Waals surface area contributed by atoms with E-state index in [1.54, 1.807) is 7.11 Å². The van der Waals surface area contributed by atoms with Crippen LogP contribution in [0.2, 0.25) is 0 Å². The van der Waals surface area contributed by atoms with Crippen LogP contribution in [0.25, 0.3) is 20.8 Å². The maximum absolute atomic E-state index is 5.35. The van der Waals surface area contributed by atoms with Crippen molar-refractivity contribution < 1.29 is 9.30 Å². The van der Waals surface area contributed by atoms with Crippen LogP contribution in [0.3, 0.4) is 0 Å². The highest BCUT2D eigenvalue weighted by atomic mass is 32.1. The molecule has 0 radical (unpaired) electrons. The highest BCUT2D eigenvalue weighted by molar-refractivity contribution is 7.21. The summed E-state index contributed by atoms with van der Waals surface area (Å²) >= 11 is 1.82. The topological polar surface area (TPSA) is 16.4 Å². The van der Waals surface area contributed by atoms with E-state index in [4.69, 9.17) is 4.74 Å². The van der Waals surface area contributed by atoms with Gasteiger partial charge in [-0.15, -0.1) is 0 Å². The molecule has 4 heteroatoms. The Balaban J connectivity index is 1.68. The number of rotatable bonds is 3. The first kappa shape index (κ1) is 15.5. The second-order valence-electron chi connectivity index (χ2n) is 6.39. The first-order valence-electron chi connectivity index (χ1n) is 8.58. The predicted octanol–water partition coefficient (Wildman–Crippen LogP) is 4.39. The number of hydrogen-bond donors (Lipinski definition) is 0. The fraction of sp³-hybridized carbons (Fsp3) is 0.350. The molecule has 1 aliphatic heterocycles. The van der Waals surface area contributed by atoms with Crippen molar-refractivity contribution in [3.05, 3.63) is 42.5 Å². The molecule has 4 rings (SSSR count). The third kappa shape index (κ3) is 2.75. The number of nitrogens with zero attached hydrogens (tertiary/aromatic N) is 2. The first-order valence-corrected chi connectivity index (χ1v) is 9.40. The Morgan fingerprint density at radius 1 is 1.00 bits per heavy atom. The van der Waals surface area contributed by atoms with Crippen molar-refractivity contribution in [2.24, 2.45) is 7.05 Å². The third-order valence-corrected chi connectivity index (χ3v) is 6.12. The van der Waals surface area contributed by atoms with E-state index in [1.165, 1.54) is 58.8 Å². The summed E-state index contributed by atoms with van der Waals surface area (Å²) in [6, 6.07) is 15.3. The molecule has 1 aliphatic rings. The summed E-state index contributed by atoms with van der Waals surface area (Å²) in [5, 5.41) is 1.28. The smallest absolute Gasteiger partial charge is 0.269 e. The minimum Gasteiger partial charge on any atom is -0.497 e. The van der Waals surface area contributed by atoms with Crippen LogP contribution in [-0.2, 0) is 7.05 Å². The molecule has 0 aliphatic carbocycles. The fourth-order valence-electron chi connectivity index (χ4n) is 3.48. The highest BCUT2D eigenvalue weighted by Crippen LogP contribution is 2.32. The number of anilines is 1. The second-order valence-corrected chi connectivity index (χ2v) is 7.43. The average Bonchev–Trinajstić information content (AvgIpc) is 2.98. The second kappa shape index (κ2) is 6.44. The van der Waals surface area contributed by atoms with Gasteiger partial charge in [-0.3, -0.25) is 0 Å². The molecule has 0 atom stereocenters. The largest absolute Gasteiger partial charge is 0.497 e. The van der Waals surface area contributed by atoms with Crippen molar-refractivity contribution in [1.29, 1.82) is 0 Å². The summed E-state index contributed by atoms with van der Waals surface area (Å²) in [6.07, 6.45) is 4.00. The minimum atomic E-state index is 0.913. The van der Waals surface area contributed by atoms with Crippen LogP contribution in [0.5, 0.6) is 5.75 Å². The summed E-state index contributed by atoms with van der Waals surface area (Å²) in [7, 11) is 3.86. The van der Waals surface area contributed by atoms with Crippen LogP contribution in [0.4, 0.5) is 5.69 Å². The van der Waals surface area contributed by atoms with Crippen molar-refractivity contribution in [3.8, 4) is 16.3 Å². The number of benzene rings is 2. The molecule has 124 valence electrons. The van der Waals surface area contributed by atoms with Gasteiger partial charge in [0.2, 0.25) is 5.52 Å². The molecule has 24 heavy (non-hydrogen) atoms. The van der Waals surface area contributed by atoms with Gasteiger partial charge in [0.25, 0.3) is 5.01 Å². The molecular weight excluding hydrogens is 316 g/mol. The highest BCUT2D eigenvalue weighted by Gasteiger charge is 2.19. The van der Waals surface area contributed by atoms with E-state index < -0.39 is 0 Å². The van der Waals surface area contributed by atoms with Crippen LogP contribution in [-0.4, -0.2) is 20.2 Å². The Kier molecular flexibility index (Phi) is 4.15. The Morgan fingerprint density at radius 2 is 1.75 bits per heavy atom. The molecule has 0 spiro atoms. The molecule has 3 nitrogen and oxygen atoms in total. The Morgan fingerprint density at radius 3 is 2.46 bits per heavy atom. The fourth-order valence-corrected chi connectivity index (χ4v) is 4.66. The van der Waals surface area contributed by atoms with Crippen LogP contribution in [0.1, 0.15) is 19.3 Å². The molecule has 0 N–H and O–H groups in total. The van der Waals surface area contributed by atoms with Crippen molar-refractivity contribution in [3.63, 3.8) is 0 Å². The van der Waals surface area contributed by atoms with E-state index in [9.17, 15) is 0 Å². The Hall–Kier alpha value is -2.07. The van der Waals surface area contributed by atoms with E-state index in [0.717, 1.165) is 5.75 Å². The number of aryl methyl sites for hydroxylation is 1. The Labute approximate surface area is 147 Å². The number of piperidine rings is 1. The van der Waals surface area contributed by atoms with Crippen LogP contribution < -0.4 is 14.2 Å². The molecule has 1 saturated heterocycles. The Bertz CT molecular complexity index is 848. The van der Waals surface area contributed by atoms with Gasteiger partial charge in [-0.25, -0.2) is 0 Å². The van der Waals surface area contributed by atoms with Crippen molar-refractivity contribution in [1.82, 2.24) is 0 Å². The van der Waals surface area contributed by atoms with Crippen molar-refractivity contribution in [2.75, 3.05) is 25.1 Å². The number of hydrogen-bond acceptors (Lipinski definition) is 3. The molecule has 1 aromatic heterocycles. The van der Waals surface area contributed by atoms with E-state index in [2.05, 4.69) is 52.9 Å². The average molecular weight is 339 g/mol. The lowest BCUT2D eigenvalue weighted by atomic mass is 10.1.